The first-order valence-corrected chi connectivity index (χ1v) is 9.75. The van der Waals surface area contributed by atoms with Gasteiger partial charge in [-0.1, -0.05) is 5.16 Å². The minimum atomic E-state index is -0.0358. The number of hydrogen-bond acceptors (Lipinski definition) is 5. The Hall–Kier alpha value is -1.89. The van der Waals surface area contributed by atoms with Gasteiger partial charge >= 0.3 is 0 Å². The van der Waals surface area contributed by atoms with Crippen molar-refractivity contribution in [3.05, 3.63) is 17.0 Å². The summed E-state index contributed by atoms with van der Waals surface area (Å²) in [5, 5.41) is 10.5. The highest BCUT2D eigenvalue weighted by atomic mass is 16.5. The second-order valence-electron chi connectivity index (χ2n) is 8.03. The number of fused-ring (bicyclic) bond motifs is 4. The third kappa shape index (κ3) is 3.13. The summed E-state index contributed by atoms with van der Waals surface area (Å²) in [6, 6.07) is 0.440. The second-order valence-corrected chi connectivity index (χ2v) is 8.03. The maximum absolute atomic E-state index is 12.6. The molecule has 4 atom stereocenters. The van der Waals surface area contributed by atoms with Crippen molar-refractivity contribution in [1.29, 1.82) is 0 Å². The van der Waals surface area contributed by atoms with Crippen molar-refractivity contribution in [2.45, 2.75) is 58.0 Å². The number of aromatic nitrogens is 1. The number of carbonyl (C=O) groups excluding carboxylic acids is 2. The van der Waals surface area contributed by atoms with E-state index in [1.165, 1.54) is 0 Å². The molecule has 0 aliphatic carbocycles. The maximum atomic E-state index is 12.6. The van der Waals surface area contributed by atoms with Crippen LogP contribution in [0, 0.1) is 25.7 Å². The topological polar surface area (TPSA) is 87.5 Å². The minimum Gasteiger partial charge on any atom is -0.361 e. The van der Waals surface area contributed by atoms with Crippen LogP contribution >= 0.6 is 0 Å². The summed E-state index contributed by atoms with van der Waals surface area (Å²) in [6.07, 6.45) is 4.16. The number of amides is 2. The van der Waals surface area contributed by atoms with Gasteiger partial charge in [-0.15, -0.1) is 0 Å². The summed E-state index contributed by atoms with van der Waals surface area (Å²) >= 11 is 0. The first-order chi connectivity index (χ1) is 12.5. The van der Waals surface area contributed by atoms with Gasteiger partial charge in [0.1, 0.15) is 5.76 Å². The molecule has 3 aliphatic rings. The van der Waals surface area contributed by atoms with E-state index in [9.17, 15) is 9.59 Å². The Morgan fingerprint density at radius 2 is 2.15 bits per heavy atom. The van der Waals surface area contributed by atoms with Crippen molar-refractivity contribution >= 4 is 11.8 Å². The molecule has 3 fully saturated rings. The predicted octanol–water partition coefficient (Wildman–Crippen LogP) is 0.939. The fourth-order valence-corrected chi connectivity index (χ4v) is 5.09. The Morgan fingerprint density at radius 1 is 1.35 bits per heavy atom. The van der Waals surface area contributed by atoms with Crippen LogP contribution in [0.1, 0.15) is 42.7 Å². The number of carbonyl (C=O) groups is 2. The van der Waals surface area contributed by atoms with Crippen LogP contribution in [-0.4, -0.2) is 53.6 Å². The van der Waals surface area contributed by atoms with E-state index in [-0.39, 0.29) is 24.3 Å². The molecule has 4 heterocycles. The summed E-state index contributed by atoms with van der Waals surface area (Å²) in [4.78, 5) is 27.2. The molecule has 4 rings (SSSR count). The third-order valence-electron chi connectivity index (χ3n) is 6.43. The molecule has 2 bridgehead atoms. The molecule has 0 spiro atoms. The average Bonchev–Trinajstić information content (AvgIpc) is 2.94. The smallest absolute Gasteiger partial charge is 0.224 e. The van der Waals surface area contributed by atoms with Crippen LogP contribution in [0.4, 0.5) is 0 Å². The molecule has 0 saturated carbocycles. The maximum Gasteiger partial charge on any atom is 0.224 e. The summed E-state index contributed by atoms with van der Waals surface area (Å²) in [6.45, 7) is 6.15. The van der Waals surface area contributed by atoms with Crippen molar-refractivity contribution in [2.75, 3.05) is 19.6 Å². The van der Waals surface area contributed by atoms with Gasteiger partial charge in [-0.05, 0) is 51.5 Å². The lowest BCUT2D eigenvalue weighted by Gasteiger charge is -2.54. The fraction of sp³-hybridized carbons (Fsp3) is 0.737. The third-order valence-corrected chi connectivity index (χ3v) is 6.43. The van der Waals surface area contributed by atoms with Crippen LogP contribution in [0.3, 0.4) is 0 Å². The summed E-state index contributed by atoms with van der Waals surface area (Å²) in [5.74, 6) is 1.91. The predicted molar refractivity (Wildman–Crippen MR) is 95.4 cm³/mol. The van der Waals surface area contributed by atoms with Gasteiger partial charge in [0.2, 0.25) is 11.8 Å². The standard InChI is InChI=1S/C19H28N4O3/c1-11-15(12(2)26-22-11)7-18(24)21-10-17-14-6-13(8-20-9-14)16-4-3-5-19(25)23(16)17/h13-14,16-17,20H,3-10H2,1-2H3,(H,21,24)/t13-,14+,16+,17+/m1/s1. The summed E-state index contributed by atoms with van der Waals surface area (Å²) in [5.41, 5.74) is 1.62. The Kier molecular flexibility index (Phi) is 4.73. The summed E-state index contributed by atoms with van der Waals surface area (Å²) in [7, 11) is 0. The molecule has 0 unspecified atom stereocenters. The van der Waals surface area contributed by atoms with Crippen molar-refractivity contribution in [1.82, 2.24) is 20.7 Å². The number of nitrogens with one attached hydrogen (secondary N) is 2. The van der Waals surface area contributed by atoms with E-state index in [1.807, 2.05) is 13.8 Å². The van der Waals surface area contributed by atoms with Gasteiger partial charge in [0, 0.05) is 31.1 Å². The summed E-state index contributed by atoms with van der Waals surface area (Å²) < 4.78 is 5.14. The number of rotatable bonds is 4. The normalized spacial score (nSPS) is 30.8. The van der Waals surface area contributed by atoms with Gasteiger partial charge < -0.3 is 20.1 Å². The first-order valence-electron chi connectivity index (χ1n) is 9.75. The molecular formula is C19H28N4O3. The molecule has 7 nitrogen and oxygen atoms in total. The average molecular weight is 360 g/mol. The minimum absolute atomic E-state index is 0.0358. The van der Waals surface area contributed by atoms with Gasteiger partial charge in [0.25, 0.3) is 0 Å². The first kappa shape index (κ1) is 17.5. The Morgan fingerprint density at radius 3 is 2.92 bits per heavy atom. The number of nitrogens with zero attached hydrogens (tertiary/aromatic N) is 2. The highest BCUT2D eigenvalue weighted by molar-refractivity contribution is 5.80. The lowest BCUT2D eigenvalue weighted by Crippen LogP contribution is -2.66. The van der Waals surface area contributed by atoms with Crippen LogP contribution in [0.2, 0.25) is 0 Å². The zero-order valence-corrected chi connectivity index (χ0v) is 15.6. The Bertz CT molecular complexity index is 681. The van der Waals surface area contributed by atoms with Gasteiger partial charge in [0.15, 0.2) is 0 Å². The fourth-order valence-electron chi connectivity index (χ4n) is 5.09. The van der Waals surface area contributed by atoms with Crippen molar-refractivity contribution in [3.63, 3.8) is 0 Å². The van der Waals surface area contributed by atoms with Crippen LogP contribution in [0.5, 0.6) is 0 Å². The van der Waals surface area contributed by atoms with E-state index in [0.29, 0.717) is 36.6 Å². The molecule has 2 amide bonds. The van der Waals surface area contributed by atoms with E-state index >= 15 is 0 Å². The van der Waals surface area contributed by atoms with E-state index in [1.54, 1.807) is 0 Å². The van der Waals surface area contributed by atoms with Crippen LogP contribution in [0.25, 0.3) is 0 Å². The van der Waals surface area contributed by atoms with Gasteiger partial charge in [-0.3, -0.25) is 9.59 Å². The highest BCUT2D eigenvalue weighted by Gasteiger charge is 2.47. The van der Waals surface area contributed by atoms with Crippen molar-refractivity contribution in [2.24, 2.45) is 11.8 Å². The van der Waals surface area contributed by atoms with Gasteiger partial charge in [0.05, 0.1) is 18.2 Å². The number of piperidine rings is 3. The number of hydrogen-bond donors (Lipinski definition) is 2. The van der Waals surface area contributed by atoms with E-state index in [0.717, 1.165) is 43.6 Å². The zero-order valence-electron chi connectivity index (χ0n) is 15.6. The van der Waals surface area contributed by atoms with Crippen molar-refractivity contribution in [3.8, 4) is 0 Å². The largest absolute Gasteiger partial charge is 0.361 e. The Labute approximate surface area is 153 Å². The SMILES string of the molecule is Cc1noc(C)c1CC(=O)NC[C@H]1[C@@H]2CNC[C@@H](C2)[C@@H]2CCCC(=O)N21. The van der Waals surface area contributed by atoms with Crippen LogP contribution in [0.15, 0.2) is 4.52 Å². The highest BCUT2D eigenvalue weighted by Crippen LogP contribution is 2.39. The van der Waals surface area contributed by atoms with Gasteiger partial charge in [-0.2, -0.15) is 0 Å². The molecule has 1 aromatic heterocycles. The van der Waals surface area contributed by atoms with Crippen molar-refractivity contribution < 1.29 is 14.1 Å². The quantitative estimate of drug-likeness (QED) is 0.834. The zero-order chi connectivity index (χ0) is 18.3. The molecule has 7 heteroatoms. The molecule has 2 N–H and O–H groups in total. The molecule has 1 aromatic rings. The second kappa shape index (κ2) is 7.02. The van der Waals surface area contributed by atoms with Crippen LogP contribution in [-0.2, 0) is 16.0 Å². The monoisotopic (exact) mass is 360 g/mol. The molecule has 3 saturated heterocycles. The Balaban J connectivity index is 1.44. The molecule has 0 aromatic carbocycles. The van der Waals surface area contributed by atoms with Crippen LogP contribution < -0.4 is 10.6 Å². The molecule has 0 radical (unpaired) electrons. The van der Waals surface area contributed by atoms with E-state index in [2.05, 4.69) is 20.7 Å². The molecular weight excluding hydrogens is 332 g/mol. The van der Waals surface area contributed by atoms with E-state index < -0.39 is 0 Å². The molecule has 26 heavy (non-hydrogen) atoms. The number of aryl methyl sites for hydroxylation is 2. The lowest BCUT2D eigenvalue weighted by molar-refractivity contribution is -0.149. The van der Waals surface area contributed by atoms with E-state index in [4.69, 9.17) is 4.52 Å². The molecule has 3 aliphatic heterocycles. The lowest BCUT2D eigenvalue weighted by atomic mass is 9.72. The molecule has 142 valence electrons. The van der Waals surface area contributed by atoms with Gasteiger partial charge in [-0.25, -0.2) is 0 Å².